The first-order chi connectivity index (χ1) is 15.5. The minimum Gasteiger partial charge on any atom is -0.394 e. The van der Waals surface area contributed by atoms with E-state index < -0.39 is 18.6 Å². The summed E-state index contributed by atoms with van der Waals surface area (Å²) >= 11 is 0. The number of amides is 2. The lowest BCUT2D eigenvalue weighted by molar-refractivity contribution is -0.134. The van der Waals surface area contributed by atoms with E-state index in [1.54, 1.807) is 23.1 Å². The maximum atomic E-state index is 12.9. The topological polar surface area (TPSA) is 106 Å². The van der Waals surface area contributed by atoms with Crippen molar-refractivity contribution >= 4 is 34.2 Å². The van der Waals surface area contributed by atoms with Gasteiger partial charge in [-0.3, -0.25) is 14.4 Å². The second kappa shape index (κ2) is 9.23. The summed E-state index contributed by atoms with van der Waals surface area (Å²) in [6, 6.07) is 15.7. The molecule has 1 aliphatic rings. The maximum absolute atomic E-state index is 12.9. The molecule has 0 aliphatic carbocycles. The summed E-state index contributed by atoms with van der Waals surface area (Å²) in [5, 5.41) is 13.3. The third-order valence-electron chi connectivity index (χ3n) is 5.79. The average Bonchev–Trinajstić information content (AvgIpc) is 3.27. The summed E-state index contributed by atoms with van der Waals surface area (Å²) in [7, 11) is 0. The Morgan fingerprint density at radius 3 is 2.34 bits per heavy atom. The van der Waals surface area contributed by atoms with Crippen LogP contribution >= 0.6 is 0 Å². The molecule has 4 rings (SSSR count). The van der Waals surface area contributed by atoms with Crippen molar-refractivity contribution in [2.24, 2.45) is 0 Å². The SMILES string of the molecule is CC(=O)c1ccc(N2CCN(C(=O)C(CO)NC(=O)c3cc4ccccc4[nH]3)CC2)cc1. The lowest BCUT2D eigenvalue weighted by Crippen LogP contribution is -2.56. The van der Waals surface area contributed by atoms with Gasteiger partial charge in [-0.05, 0) is 43.3 Å². The Kier molecular flexibility index (Phi) is 6.23. The van der Waals surface area contributed by atoms with E-state index in [2.05, 4.69) is 15.2 Å². The predicted molar refractivity (Wildman–Crippen MR) is 122 cm³/mol. The number of ketones is 1. The van der Waals surface area contributed by atoms with Crippen LogP contribution < -0.4 is 10.2 Å². The number of anilines is 1. The third kappa shape index (κ3) is 4.50. The Morgan fingerprint density at radius 1 is 1.03 bits per heavy atom. The second-order valence-corrected chi connectivity index (χ2v) is 7.89. The Hall–Kier alpha value is -3.65. The molecule has 3 aromatic rings. The van der Waals surface area contributed by atoms with Gasteiger partial charge < -0.3 is 25.2 Å². The minimum atomic E-state index is -1.00. The number of aromatic amines is 1. The van der Waals surface area contributed by atoms with Crippen LogP contribution in [0.3, 0.4) is 0 Å². The van der Waals surface area contributed by atoms with E-state index >= 15 is 0 Å². The fourth-order valence-corrected chi connectivity index (χ4v) is 3.93. The fourth-order valence-electron chi connectivity index (χ4n) is 3.93. The van der Waals surface area contributed by atoms with E-state index in [1.165, 1.54) is 6.92 Å². The number of carbonyl (C=O) groups is 3. The van der Waals surface area contributed by atoms with E-state index in [0.29, 0.717) is 37.4 Å². The molecule has 1 unspecified atom stereocenters. The summed E-state index contributed by atoms with van der Waals surface area (Å²) < 4.78 is 0. The number of hydrogen-bond acceptors (Lipinski definition) is 5. The normalized spacial score (nSPS) is 14.9. The van der Waals surface area contributed by atoms with E-state index in [-0.39, 0.29) is 11.7 Å². The van der Waals surface area contributed by atoms with Crippen LogP contribution in [-0.2, 0) is 4.79 Å². The van der Waals surface area contributed by atoms with Crippen LogP contribution in [0.1, 0.15) is 27.8 Å². The zero-order valence-electron chi connectivity index (χ0n) is 17.9. The highest BCUT2D eigenvalue weighted by molar-refractivity contribution is 6.00. The molecule has 0 saturated carbocycles. The van der Waals surface area contributed by atoms with Gasteiger partial charge in [0.25, 0.3) is 5.91 Å². The number of aromatic nitrogens is 1. The molecule has 1 aromatic heterocycles. The molecule has 1 fully saturated rings. The quantitative estimate of drug-likeness (QED) is 0.513. The molecule has 0 bridgehead atoms. The highest BCUT2D eigenvalue weighted by Gasteiger charge is 2.29. The van der Waals surface area contributed by atoms with Crippen molar-refractivity contribution in [3.8, 4) is 0 Å². The number of benzene rings is 2. The van der Waals surface area contributed by atoms with E-state index in [1.807, 2.05) is 36.4 Å². The zero-order chi connectivity index (χ0) is 22.7. The van der Waals surface area contributed by atoms with Crippen LogP contribution in [0.4, 0.5) is 5.69 Å². The van der Waals surface area contributed by atoms with Gasteiger partial charge in [-0.2, -0.15) is 0 Å². The van der Waals surface area contributed by atoms with E-state index in [0.717, 1.165) is 16.6 Å². The summed E-state index contributed by atoms with van der Waals surface area (Å²) in [6.45, 7) is 3.27. The number of H-pyrrole nitrogens is 1. The van der Waals surface area contributed by atoms with Gasteiger partial charge in [-0.25, -0.2) is 0 Å². The van der Waals surface area contributed by atoms with Crippen molar-refractivity contribution in [2.45, 2.75) is 13.0 Å². The van der Waals surface area contributed by atoms with Crippen LogP contribution in [0.5, 0.6) is 0 Å². The van der Waals surface area contributed by atoms with Gasteiger partial charge in [0, 0.05) is 48.3 Å². The number of aliphatic hydroxyl groups excluding tert-OH is 1. The fraction of sp³-hybridized carbons (Fsp3) is 0.292. The highest BCUT2D eigenvalue weighted by Crippen LogP contribution is 2.18. The summed E-state index contributed by atoms with van der Waals surface area (Å²) in [5.41, 5.74) is 2.83. The Bertz CT molecular complexity index is 1100. The Balaban J connectivity index is 1.35. The Labute approximate surface area is 185 Å². The van der Waals surface area contributed by atoms with Gasteiger partial charge in [0.05, 0.1) is 6.61 Å². The van der Waals surface area contributed by atoms with E-state index in [9.17, 15) is 19.5 Å². The maximum Gasteiger partial charge on any atom is 0.268 e. The average molecular weight is 434 g/mol. The number of nitrogens with zero attached hydrogens (tertiary/aromatic N) is 2. The molecule has 0 radical (unpaired) electrons. The van der Waals surface area contributed by atoms with Crippen molar-refractivity contribution in [1.82, 2.24) is 15.2 Å². The molecule has 8 heteroatoms. The molecule has 3 N–H and O–H groups in total. The van der Waals surface area contributed by atoms with Crippen molar-refractivity contribution in [2.75, 3.05) is 37.7 Å². The van der Waals surface area contributed by atoms with E-state index in [4.69, 9.17) is 0 Å². The third-order valence-corrected chi connectivity index (χ3v) is 5.79. The van der Waals surface area contributed by atoms with Gasteiger partial charge in [0.2, 0.25) is 5.91 Å². The van der Waals surface area contributed by atoms with Crippen LogP contribution in [-0.4, -0.2) is 71.4 Å². The predicted octanol–water partition coefficient (Wildman–Crippen LogP) is 1.81. The molecular formula is C24H26N4O4. The molecule has 8 nitrogen and oxygen atoms in total. The number of carbonyl (C=O) groups excluding carboxylic acids is 3. The first kappa shape index (κ1) is 21.6. The molecule has 0 spiro atoms. The molecule has 2 amide bonds. The second-order valence-electron chi connectivity index (χ2n) is 7.89. The monoisotopic (exact) mass is 434 g/mol. The zero-order valence-corrected chi connectivity index (χ0v) is 17.9. The van der Waals surface area contributed by atoms with Gasteiger partial charge in [0.1, 0.15) is 11.7 Å². The molecule has 1 atom stereocenters. The number of fused-ring (bicyclic) bond motifs is 1. The van der Waals surface area contributed by atoms with Crippen LogP contribution in [0, 0.1) is 0 Å². The lowest BCUT2D eigenvalue weighted by atomic mass is 10.1. The number of nitrogens with one attached hydrogen (secondary N) is 2. The number of para-hydroxylation sites is 1. The molecule has 2 heterocycles. The molecule has 2 aromatic carbocycles. The van der Waals surface area contributed by atoms with Crippen molar-refractivity contribution in [3.05, 3.63) is 65.9 Å². The van der Waals surface area contributed by atoms with Crippen LogP contribution in [0.15, 0.2) is 54.6 Å². The number of aliphatic hydroxyl groups is 1. The summed E-state index contributed by atoms with van der Waals surface area (Å²) in [6.07, 6.45) is 0. The van der Waals surface area contributed by atoms with Gasteiger partial charge in [-0.1, -0.05) is 18.2 Å². The van der Waals surface area contributed by atoms with Gasteiger partial charge in [-0.15, -0.1) is 0 Å². The summed E-state index contributed by atoms with van der Waals surface area (Å²) in [5.74, 6) is -0.710. The number of Topliss-reactive ketones (excluding diaryl/α,β-unsaturated/α-hetero) is 1. The smallest absolute Gasteiger partial charge is 0.268 e. The van der Waals surface area contributed by atoms with Crippen molar-refractivity contribution in [1.29, 1.82) is 0 Å². The lowest BCUT2D eigenvalue weighted by Gasteiger charge is -2.37. The van der Waals surface area contributed by atoms with Gasteiger partial charge >= 0.3 is 0 Å². The minimum absolute atomic E-state index is 0.0245. The first-order valence-corrected chi connectivity index (χ1v) is 10.6. The standard InChI is InChI=1S/C24H26N4O4/c1-16(30)17-6-8-19(9-7-17)27-10-12-28(13-11-27)24(32)22(15-29)26-23(31)21-14-18-4-2-3-5-20(18)25-21/h2-9,14,22,25,29H,10-13,15H2,1H3,(H,26,31). The van der Waals surface area contributed by atoms with Crippen molar-refractivity contribution in [3.63, 3.8) is 0 Å². The number of hydrogen-bond donors (Lipinski definition) is 3. The molecule has 32 heavy (non-hydrogen) atoms. The molecule has 1 saturated heterocycles. The summed E-state index contributed by atoms with van der Waals surface area (Å²) in [4.78, 5) is 43.8. The van der Waals surface area contributed by atoms with Crippen LogP contribution in [0.2, 0.25) is 0 Å². The van der Waals surface area contributed by atoms with Gasteiger partial charge in [0.15, 0.2) is 5.78 Å². The molecule has 166 valence electrons. The highest BCUT2D eigenvalue weighted by atomic mass is 16.3. The number of piperazine rings is 1. The first-order valence-electron chi connectivity index (χ1n) is 10.6. The van der Waals surface area contributed by atoms with Crippen LogP contribution in [0.25, 0.3) is 10.9 Å². The Morgan fingerprint density at radius 2 is 1.72 bits per heavy atom. The largest absolute Gasteiger partial charge is 0.394 e. The number of rotatable bonds is 6. The molecule has 1 aliphatic heterocycles. The molecular weight excluding hydrogens is 408 g/mol. The van der Waals surface area contributed by atoms with Crippen molar-refractivity contribution < 1.29 is 19.5 Å².